The molecule has 1 aliphatic rings. The number of rotatable bonds is 7. The number of hydrogen-bond donors (Lipinski definition) is 0. The van der Waals surface area contributed by atoms with Crippen LogP contribution in [0.2, 0.25) is 0 Å². The zero-order chi connectivity index (χ0) is 19.9. The Balaban J connectivity index is 1.89. The third-order valence-electron chi connectivity index (χ3n) is 5.53. The Bertz CT molecular complexity index is 821. The maximum atomic E-state index is 12.9. The predicted molar refractivity (Wildman–Crippen MR) is 115 cm³/mol. The molecule has 0 N–H and O–H groups in total. The van der Waals surface area contributed by atoms with Crippen LogP contribution in [-0.2, 0) is 0 Å². The summed E-state index contributed by atoms with van der Waals surface area (Å²) in [6, 6.07) is 13.6. The molecule has 4 nitrogen and oxygen atoms in total. The number of benzene rings is 2. The Morgan fingerprint density at radius 3 is 2.36 bits per heavy atom. The third kappa shape index (κ3) is 4.56. The summed E-state index contributed by atoms with van der Waals surface area (Å²) < 4.78 is 11.1. The van der Waals surface area contributed by atoms with E-state index in [9.17, 15) is 4.79 Å². The molecule has 0 saturated carbocycles. The minimum Gasteiger partial charge on any atom is -0.496 e. The minimum absolute atomic E-state index is 0.0759. The number of hydrogen-bond acceptors (Lipinski definition) is 4. The van der Waals surface area contributed by atoms with Crippen molar-refractivity contribution in [1.29, 1.82) is 0 Å². The van der Waals surface area contributed by atoms with Crippen molar-refractivity contribution < 1.29 is 14.3 Å². The van der Waals surface area contributed by atoms with Crippen molar-refractivity contribution in [2.45, 2.75) is 26.2 Å². The van der Waals surface area contributed by atoms with Crippen molar-refractivity contribution in [3.8, 4) is 11.5 Å². The van der Waals surface area contributed by atoms with E-state index in [0.29, 0.717) is 11.3 Å². The molecule has 1 saturated heterocycles. The Kier molecular flexibility index (Phi) is 6.75. The second kappa shape index (κ2) is 9.45. The number of ether oxygens (including phenoxy) is 2. The van der Waals surface area contributed by atoms with Crippen molar-refractivity contribution >= 4 is 17.5 Å². The van der Waals surface area contributed by atoms with Gasteiger partial charge in [-0.25, -0.2) is 0 Å². The summed E-state index contributed by atoms with van der Waals surface area (Å²) in [6.45, 7) is 4.22. The number of allylic oxidation sites excluding steroid dienone is 1. The van der Waals surface area contributed by atoms with E-state index in [1.807, 2.05) is 48.5 Å². The zero-order valence-corrected chi connectivity index (χ0v) is 17.0. The minimum atomic E-state index is -0.0759. The highest BCUT2D eigenvalue weighted by Gasteiger charge is 2.23. The Morgan fingerprint density at radius 1 is 1.07 bits per heavy atom. The largest absolute Gasteiger partial charge is 0.496 e. The van der Waals surface area contributed by atoms with E-state index in [1.54, 1.807) is 20.3 Å². The summed E-state index contributed by atoms with van der Waals surface area (Å²) in [6.07, 6.45) is 7.00. The summed E-state index contributed by atoms with van der Waals surface area (Å²) in [5.41, 5.74) is 2.52. The highest BCUT2D eigenvalue weighted by atomic mass is 16.5. The lowest BCUT2D eigenvalue weighted by molar-refractivity contribution is 0.104. The molecule has 0 radical (unpaired) electrons. The van der Waals surface area contributed by atoms with Crippen LogP contribution < -0.4 is 14.4 Å². The molecule has 4 heteroatoms. The SMILES string of the molecule is CCC1CCN(c2cc(C(=O)/C=C/c3ccccc3)c(OC)cc2OC)CC1. The lowest BCUT2D eigenvalue weighted by Crippen LogP contribution is -2.33. The van der Waals surface area contributed by atoms with Crippen LogP contribution in [0.15, 0.2) is 48.5 Å². The molecule has 2 aromatic carbocycles. The van der Waals surface area contributed by atoms with E-state index in [1.165, 1.54) is 19.3 Å². The van der Waals surface area contributed by atoms with Gasteiger partial charge in [0.15, 0.2) is 5.78 Å². The van der Waals surface area contributed by atoms with Gasteiger partial charge in [0.25, 0.3) is 0 Å². The second-order valence-electron chi connectivity index (χ2n) is 7.17. The Labute approximate surface area is 167 Å². The van der Waals surface area contributed by atoms with Crippen molar-refractivity contribution in [2.24, 2.45) is 5.92 Å². The van der Waals surface area contributed by atoms with E-state index in [-0.39, 0.29) is 5.78 Å². The van der Waals surface area contributed by atoms with Gasteiger partial charge in [-0.15, -0.1) is 0 Å². The quantitative estimate of drug-likeness (QED) is 0.488. The van der Waals surface area contributed by atoms with Crippen LogP contribution in [0.5, 0.6) is 11.5 Å². The van der Waals surface area contributed by atoms with Gasteiger partial charge in [-0.3, -0.25) is 4.79 Å². The number of ketones is 1. The van der Waals surface area contributed by atoms with Crippen LogP contribution in [0.3, 0.4) is 0 Å². The van der Waals surface area contributed by atoms with E-state index < -0.39 is 0 Å². The standard InChI is InChI=1S/C24H29NO3/c1-4-18-12-14-25(15-13-18)21-16-20(23(27-2)17-24(21)28-3)22(26)11-10-19-8-6-5-7-9-19/h5-11,16-18H,4,12-15H2,1-3H3/b11-10+. The molecular formula is C24H29NO3. The van der Waals surface area contributed by atoms with Gasteiger partial charge in [-0.1, -0.05) is 49.8 Å². The van der Waals surface area contributed by atoms with Gasteiger partial charge in [0.1, 0.15) is 11.5 Å². The fraction of sp³-hybridized carbons (Fsp3) is 0.375. The molecule has 0 amide bonds. The number of carbonyl (C=O) groups excluding carboxylic acids is 1. The molecule has 0 aliphatic carbocycles. The maximum Gasteiger partial charge on any atom is 0.189 e. The molecule has 0 unspecified atom stereocenters. The fourth-order valence-corrected chi connectivity index (χ4v) is 3.73. The first-order valence-electron chi connectivity index (χ1n) is 9.94. The molecule has 1 fully saturated rings. The van der Waals surface area contributed by atoms with Gasteiger partial charge in [0.2, 0.25) is 0 Å². The van der Waals surface area contributed by atoms with Crippen molar-refractivity contribution in [1.82, 2.24) is 0 Å². The van der Waals surface area contributed by atoms with Crippen LogP contribution >= 0.6 is 0 Å². The van der Waals surface area contributed by atoms with Crippen LogP contribution in [0.4, 0.5) is 5.69 Å². The van der Waals surface area contributed by atoms with Crippen molar-refractivity contribution in [2.75, 3.05) is 32.2 Å². The second-order valence-corrected chi connectivity index (χ2v) is 7.17. The zero-order valence-electron chi connectivity index (χ0n) is 17.0. The fourth-order valence-electron chi connectivity index (χ4n) is 3.73. The maximum absolute atomic E-state index is 12.9. The van der Waals surface area contributed by atoms with Gasteiger partial charge in [-0.05, 0) is 36.5 Å². The van der Waals surface area contributed by atoms with Crippen LogP contribution in [0.1, 0.15) is 42.1 Å². The molecule has 148 valence electrons. The molecular weight excluding hydrogens is 350 g/mol. The number of methoxy groups -OCH3 is 2. The highest BCUT2D eigenvalue weighted by molar-refractivity contribution is 6.09. The van der Waals surface area contributed by atoms with E-state index in [4.69, 9.17) is 9.47 Å². The number of nitrogens with zero attached hydrogens (tertiary/aromatic N) is 1. The highest BCUT2D eigenvalue weighted by Crippen LogP contribution is 2.38. The lowest BCUT2D eigenvalue weighted by Gasteiger charge is -2.34. The number of anilines is 1. The topological polar surface area (TPSA) is 38.8 Å². The molecule has 2 aromatic rings. The van der Waals surface area contributed by atoms with Crippen LogP contribution in [0.25, 0.3) is 6.08 Å². The average Bonchev–Trinajstić information content (AvgIpc) is 2.77. The van der Waals surface area contributed by atoms with Crippen molar-refractivity contribution in [3.05, 3.63) is 59.7 Å². The predicted octanol–water partition coefficient (Wildman–Crippen LogP) is 5.23. The van der Waals surface area contributed by atoms with E-state index in [0.717, 1.165) is 36.0 Å². The summed E-state index contributed by atoms with van der Waals surface area (Å²) in [4.78, 5) is 15.2. The molecule has 0 atom stereocenters. The molecule has 0 bridgehead atoms. The number of carbonyl (C=O) groups is 1. The van der Waals surface area contributed by atoms with Gasteiger partial charge >= 0.3 is 0 Å². The number of piperidine rings is 1. The molecule has 0 aromatic heterocycles. The first-order chi connectivity index (χ1) is 13.7. The van der Waals surface area contributed by atoms with Gasteiger partial charge in [0, 0.05) is 19.2 Å². The monoisotopic (exact) mass is 379 g/mol. The van der Waals surface area contributed by atoms with Crippen LogP contribution in [-0.4, -0.2) is 33.1 Å². The molecule has 0 spiro atoms. The molecule has 1 aliphatic heterocycles. The van der Waals surface area contributed by atoms with Gasteiger partial charge < -0.3 is 14.4 Å². The van der Waals surface area contributed by atoms with E-state index >= 15 is 0 Å². The summed E-state index contributed by atoms with van der Waals surface area (Å²) >= 11 is 0. The van der Waals surface area contributed by atoms with Gasteiger partial charge in [-0.2, -0.15) is 0 Å². The summed E-state index contributed by atoms with van der Waals surface area (Å²) in [5, 5.41) is 0. The van der Waals surface area contributed by atoms with Crippen molar-refractivity contribution in [3.63, 3.8) is 0 Å². The van der Waals surface area contributed by atoms with Gasteiger partial charge in [0.05, 0.1) is 25.5 Å². The normalized spacial score (nSPS) is 15.0. The third-order valence-corrected chi connectivity index (χ3v) is 5.53. The summed E-state index contributed by atoms with van der Waals surface area (Å²) in [7, 11) is 3.24. The first kappa shape index (κ1) is 20.0. The smallest absolute Gasteiger partial charge is 0.189 e. The van der Waals surface area contributed by atoms with E-state index in [2.05, 4.69) is 11.8 Å². The lowest BCUT2D eigenvalue weighted by atomic mass is 9.94. The Hall–Kier alpha value is -2.75. The molecule has 1 heterocycles. The molecule has 3 rings (SSSR count). The first-order valence-corrected chi connectivity index (χ1v) is 9.94. The molecule has 28 heavy (non-hydrogen) atoms. The van der Waals surface area contributed by atoms with Crippen LogP contribution in [0, 0.1) is 5.92 Å². The average molecular weight is 380 g/mol. The summed E-state index contributed by atoms with van der Waals surface area (Å²) in [5.74, 6) is 1.99. The Morgan fingerprint density at radius 2 is 1.75 bits per heavy atom.